The van der Waals surface area contributed by atoms with Gasteiger partial charge in [0, 0.05) is 26.4 Å². The van der Waals surface area contributed by atoms with Gasteiger partial charge >= 0.3 is 0 Å². The van der Waals surface area contributed by atoms with Crippen LogP contribution in [0.25, 0.3) is 0 Å². The third-order valence-electron chi connectivity index (χ3n) is 4.94. The molecule has 2 heterocycles. The largest absolute Gasteiger partial charge is 0.368 e. The Hall–Kier alpha value is -1.43. The molecular weight excluding hydrogens is 294 g/mol. The summed E-state index contributed by atoms with van der Waals surface area (Å²) in [6.07, 6.45) is 9.14. The predicted molar refractivity (Wildman–Crippen MR) is 84.6 cm³/mol. The highest BCUT2D eigenvalue weighted by Crippen LogP contribution is 2.27. The molecule has 128 valence electrons. The van der Waals surface area contributed by atoms with Gasteiger partial charge in [0.1, 0.15) is 6.61 Å². The van der Waals surface area contributed by atoms with Crippen molar-refractivity contribution in [2.45, 2.75) is 71.0 Å². The van der Waals surface area contributed by atoms with Crippen molar-refractivity contribution in [2.75, 3.05) is 13.1 Å². The number of rotatable bonds is 5. The highest BCUT2D eigenvalue weighted by Gasteiger charge is 2.26. The van der Waals surface area contributed by atoms with Gasteiger partial charge in [-0.3, -0.25) is 4.79 Å². The van der Waals surface area contributed by atoms with Crippen molar-refractivity contribution in [2.24, 2.45) is 5.92 Å². The Morgan fingerprint density at radius 2 is 2.09 bits per heavy atom. The number of hydrogen-bond acceptors (Lipinski definition) is 5. The van der Waals surface area contributed by atoms with E-state index in [1.165, 1.54) is 32.1 Å². The first-order valence-corrected chi connectivity index (χ1v) is 8.89. The standard InChI is InChI=1S/C17H27N3O3/c1-13-18-16(19-23-13)12-22-15-8-5-9-20(11-15)17(21)10-14-6-3-2-4-7-14/h14-15H,2-12H2,1H3. The number of likely N-dealkylation sites (tertiary alicyclic amines) is 1. The van der Waals surface area contributed by atoms with E-state index in [1.54, 1.807) is 6.92 Å². The second-order valence-electron chi connectivity index (χ2n) is 6.85. The van der Waals surface area contributed by atoms with E-state index in [4.69, 9.17) is 9.26 Å². The summed E-state index contributed by atoms with van der Waals surface area (Å²) in [6, 6.07) is 0. The zero-order chi connectivity index (χ0) is 16.1. The molecule has 3 rings (SSSR count). The predicted octanol–water partition coefficient (Wildman–Crippen LogP) is 2.86. The molecule has 1 aliphatic carbocycles. The van der Waals surface area contributed by atoms with Crippen molar-refractivity contribution in [3.8, 4) is 0 Å². The molecule has 6 nitrogen and oxygen atoms in total. The van der Waals surface area contributed by atoms with E-state index < -0.39 is 0 Å². The van der Waals surface area contributed by atoms with Crippen LogP contribution >= 0.6 is 0 Å². The number of carbonyl (C=O) groups excluding carboxylic acids is 1. The van der Waals surface area contributed by atoms with E-state index in [-0.39, 0.29) is 6.10 Å². The van der Waals surface area contributed by atoms with Crippen LogP contribution in [0.5, 0.6) is 0 Å². The molecule has 6 heteroatoms. The number of hydrogen-bond donors (Lipinski definition) is 0. The smallest absolute Gasteiger partial charge is 0.223 e. The van der Waals surface area contributed by atoms with Crippen molar-refractivity contribution in [3.05, 3.63) is 11.7 Å². The number of aryl methyl sites for hydroxylation is 1. The van der Waals surface area contributed by atoms with Crippen LogP contribution in [-0.2, 0) is 16.1 Å². The minimum atomic E-state index is 0.0814. The van der Waals surface area contributed by atoms with E-state index in [9.17, 15) is 4.79 Å². The molecule has 2 aliphatic rings. The summed E-state index contributed by atoms with van der Waals surface area (Å²) in [5.41, 5.74) is 0. The normalized spacial score (nSPS) is 23.2. The SMILES string of the molecule is Cc1nc(COC2CCCN(C(=O)CC3CCCCC3)C2)no1. The second kappa shape index (κ2) is 7.90. The number of ether oxygens (including phenoxy) is 1. The molecule has 1 amide bonds. The van der Waals surface area contributed by atoms with Crippen molar-refractivity contribution < 1.29 is 14.1 Å². The van der Waals surface area contributed by atoms with Gasteiger partial charge in [0.2, 0.25) is 11.8 Å². The average Bonchev–Trinajstić information content (AvgIpc) is 3.00. The van der Waals surface area contributed by atoms with Crippen LogP contribution in [0.2, 0.25) is 0 Å². The van der Waals surface area contributed by atoms with Crippen molar-refractivity contribution in [1.82, 2.24) is 15.0 Å². The number of carbonyl (C=O) groups is 1. The Morgan fingerprint density at radius 1 is 1.26 bits per heavy atom. The summed E-state index contributed by atoms with van der Waals surface area (Å²) in [6.45, 7) is 3.69. The quantitative estimate of drug-likeness (QED) is 0.834. The lowest BCUT2D eigenvalue weighted by molar-refractivity contribution is -0.137. The maximum atomic E-state index is 12.5. The summed E-state index contributed by atoms with van der Waals surface area (Å²) in [5.74, 6) is 2.03. The Morgan fingerprint density at radius 3 is 2.83 bits per heavy atom. The Labute approximate surface area is 137 Å². The molecule has 0 N–H and O–H groups in total. The molecule has 1 saturated carbocycles. The van der Waals surface area contributed by atoms with Crippen LogP contribution in [-0.4, -0.2) is 40.1 Å². The molecule has 0 aromatic carbocycles. The third kappa shape index (κ3) is 4.77. The van der Waals surface area contributed by atoms with Crippen LogP contribution in [0.1, 0.15) is 63.1 Å². The van der Waals surface area contributed by atoms with E-state index in [0.29, 0.717) is 36.7 Å². The van der Waals surface area contributed by atoms with Crippen LogP contribution < -0.4 is 0 Å². The van der Waals surface area contributed by atoms with Crippen molar-refractivity contribution in [1.29, 1.82) is 0 Å². The summed E-state index contributed by atoms with van der Waals surface area (Å²) in [5, 5.41) is 3.84. The zero-order valence-corrected chi connectivity index (χ0v) is 14.0. The number of piperidine rings is 1. The van der Waals surface area contributed by atoms with Gasteiger partial charge in [0.15, 0.2) is 5.82 Å². The van der Waals surface area contributed by atoms with Gasteiger partial charge in [-0.25, -0.2) is 0 Å². The molecule has 1 aromatic heterocycles. The van der Waals surface area contributed by atoms with Crippen LogP contribution in [0.15, 0.2) is 4.52 Å². The lowest BCUT2D eigenvalue weighted by Gasteiger charge is -2.34. The molecule has 1 atom stereocenters. The van der Waals surface area contributed by atoms with Crippen LogP contribution in [0.3, 0.4) is 0 Å². The fourth-order valence-corrected chi connectivity index (χ4v) is 3.66. The molecule has 1 saturated heterocycles. The van der Waals surface area contributed by atoms with Crippen molar-refractivity contribution in [3.63, 3.8) is 0 Å². The summed E-state index contributed by atoms with van der Waals surface area (Å²) in [7, 11) is 0. The highest BCUT2D eigenvalue weighted by molar-refractivity contribution is 5.76. The minimum absolute atomic E-state index is 0.0814. The Bertz CT molecular complexity index is 511. The maximum absolute atomic E-state index is 12.5. The number of nitrogens with zero attached hydrogens (tertiary/aromatic N) is 3. The molecule has 23 heavy (non-hydrogen) atoms. The van der Waals surface area contributed by atoms with E-state index >= 15 is 0 Å². The molecule has 0 radical (unpaired) electrons. The second-order valence-corrected chi connectivity index (χ2v) is 6.85. The monoisotopic (exact) mass is 321 g/mol. The first-order chi connectivity index (χ1) is 11.2. The topological polar surface area (TPSA) is 68.5 Å². The average molecular weight is 321 g/mol. The van der Waals surface area contributed by atoms with Gasteiger partial charge in [-0.1, -0.05) is 24.4 Å². The molecule has 1 unspecified atom stereocenters. The number of aromatic nitrogens is 2. The summed E-state index contributed by atoms with van der Waals surface area (Å²) in [4.78, 5) is 18.7. The highest BCUT2D eigenvalue weighted by atomic mass is 16.5. The van der Waals surface area contributed by atoms with E-state index in [1.807, 2.05) is 4.90 Å². The minimum Gasteiger partial charge on any atom is -0.368 e. The van der Waals surface area contributed by atoms with Gasteiger partial charge in [-0.2, -0.15) is 4.98 Å². The molecule has 1 aromatic rings. The Balaban J connectivity index is 1.44. The summed E-state index contributed by atoms with van der Waals surface area (Å²) < 4.78 is 10.8. The molecular formula is C17H27N3O3. The van der Waals surface area contributed by atoms with Crippen LogP contribution in [0, 0.1) is 12.8 Å². The van der Waals surface area contributed by atoms with Crippen molar-refractivity contribution >= 4 is 5.91 Å². The van der Waals surface area contributed by atoms with Gasteiger partial charge < -0.3 is 14.2 Å². The molecule has 0 bridgehead atoms. The first-order valence-electron chi connectivity index (χ1n) is 8.89. The fourth-order valence-electron chi connectivity index (χ4n) is 3.66. The van der Waals surface area contributed by atoms with Crippen LogP contribution in [0.4, 0.5) is 0 Å². The molecule has 1 aliphatic heterocycles. The lowest BCUT2D eigenvalue weighted by Crippen LogP contribution is -2.43. The van der Waals surface area contributed by atoms with Gasteiger partial charge in [0.25, 0.3) is 0 Å². The first kappa shape index (κ1) is 16.4. The lowest BCUT2D eigenvalue weighted by atomic mass is 9.86. The van der Waals surface area contributed by atoms with Gasteiger partial charge in [0.05, 0.1) is 6.10 Å². The fraction of sp³-hybridized carbons (Fsp3) is 0.824. The van der Waals surface area contributed by atoms with E-state index in [0.717, 1.165) is 25.8 Å². The number of amides is 1. The van der Waals surface area contributed by atoms with Gasteiger partial charge in [-0.05, 0) is 31.6 Å². The Kier molecular flexibility index (Phi) is 5.65. The maximum Gasteiger partial charge on any atom is 0.223 e. The molecule has 2 fully saturated rings. The van der Waals surface area contributed by atoms with Gasteiger partial charge in [-0.15, -0.1) is 0 Å². The van der Waals surface area contributed by atoms with E-state index in [2.05, 4.69) is 10.1 Å². The molecule has 0 spiro atoms. The third-order valence-corrected chi connectivity index (χ3v) is 4.94. The summed E-state index contributed by atoms with van der Waals surface area (Å²) >= 11 is 0. The zero-order valence-electron chi connectivity index (χ0n) is 14.0.